The van der Waals surface area contributed by atoms with Crippen LogP contribution in [0.4, 0.5) is 0 Å². The summed E-state index contributed by atoms with van der Waals surface area (Å²) in [6, 6.07) is 0. The molecule has 1 rings (SSSR count). The van der Waals surface area contributed by atoms with Gasteiger partial charge in [-0.15, -0.1) is 0 Å². The Labute approximate surface area is 93.3 Å². The van der Waals surface area contributed by atoms with Gasteiger partial charge in [-0.1, -0.05) is 6.92 Å². The predicted molar refractivity (Wildman–Crippen MR) is 60.3 cm³/mol. The zero-order valence-corrected chi connectivity index (χ0v) is 10.3. The number of hydrogen-bond acceptors (Lipinski definition) is 2. The lowest BCUT2D eigenvalue weighted by molar-refractivity contribution is 0.284. The topological polar surface area (TPSA) is 38.0 Å². The molecule has 0 spiro atoms. The summed E-state index contributed by atoms with van der Waals surface area (Å²) in [6.45, 7) is 2.38. The quantitative estimate of drug-likeness (QED) is 0.824. The Morgan fingerprint density at radius 3 is 2.64 bits per heavy atom. The summed E-state index contributed by atoms with van der Waals surface area (Å²) in [6.07, 6.45) is 3.80. The molecular weight excluding hydrogens is 244 g/mol. The molecule has 0 atom stereocenters. The van der Waals surface area contributed by atoms with Gasteiger partial charge in [0.1, 0.15) is 0 Å². The Balaban J connectivity index is 2.70. The van der Waals surface area contributed by atoms with E-state index < -0.39 is 0 Å². The van der Waals surface area contributed by atoms with Crippen LogP contribution in [0.25, 0.3) is 0 Å². The Kier molecular flexibility index (Phi) is 4.62. The molecule has 3 nitrogen and oxygen atoms in total. The van der Waals surface area contributed by atoms with E-state index in [1.807, 2.05) is 11.7 Å². The molecule has 0 saturated heterocycles. The second kappa shape index (κ2) is 5.51. The number of rotatable bonds is 5. The zero-order chi connectivity index (χ0) is 10.6. The van der Waals surface area contributed by atoms with E-state index in [9.17, 15) is 0 Å². The van der Waals surface area contributed by atoms with Crippen LogP contribution >= 0.6 is 15.9 Å². The molecule has 0 radical (unpaired) electrons. The highest BCUT2D eigenvalue weighted by molar-refractivity contribution is 9.10. The lowest BCUT2D eigenvalue weighted by Gasteiger charge is -2.01. The maximum absolute atomic E-state index is 8.70. The average molecular weight is 261 g/mol. The van der Waals surface area contributed by atoms with Gasteiger partial charge < -0.3 is 5.11 Å². The fourth-order valence-electron chi connectivity index (χ4n) is 1.50. The molecule has 0 aliphatic rings. The van der Waals surface area contributed by atoms with E-state index >= 15 is 0 Å². The number of aromatic nitrogens is 2. The Morgan fingerprint density at radius 2 is 2.14 bits per heavy atom. The maximum atomic E-state index is 8.70. The van der Waals surface area contributed by atoms with Crippen LogP contribution in [0.1, 0.15) is 31.2 Å². The van der Waals surface area contributed by atoms with Crippen molar-refractivity contribution >= 4 is 15.9 Å². The van der Waals surface area contributed by atoms with Gasteiger partial charge in [0.2, 0.25) is 0 Å². The number of aliphatic hydroxyl groups is 1. The van der Waals surface area contributed by atoms with Crippen molar-refractivity contribution in [2.24, 2.45) is 7.05 Å². The van der Waals surface area contributed by atoms with Crippen LogP contribution in [0, 0.1) is 0 Å². The van der Waals surface area contributed by atoms with Crippen LogP contribution in [0.5, 0.6) is 0 Å². The summed E-state index contributed by atoms with van der Waals surface area (Å²) >= 11 is 3.57. The van der Waals surface area contributed by atoms with Gasteiger partial charge in [0.25, 0.3) is 0 Å². The molecule has 0 bridgehead atoms. The van der Waals surface area contributed by atoms with Crippen LogP contribution in [0.3, 0.4) is 0 Å². The molecule has 80 valence electrons. The number of aryl methyl sites for hydroxylation is 2. The number of unbranched alkanes of at least 4 members (excludes halogenated alkanes) is 1. The van der Waals surface area contributed by atoms with Crippen molar-refractivity contribution < 1.29 is 5.11 Å². The molecule has 0 saturated carbocycles. The summed E-state index contributed by atoms with van der Waals surface area (Å²) < 4.78 is 3.07. The van der Waals surface area contributed by atoms with Gasteiger partial charge in [-0.05, 0) is 41.6 Å². The minimum atomic E-state index is 0.274. The molecule has 0 aromatic carbocycles. The second-order valence-electron chi connectivity index (χ2n) is 3.37. The highest BCUT2D eigenvalue weighted by Gasteiger charge is 2.11. The van der Waals surface area contributed by atoms with Gasteiger partial charge in [0.15, 0.2) is 0 Å². The highest BCUT2D eigenvalue weighted by Crippen LogP contribution is 2.22. The molecular formula is C10H17BrN2O. The lowest BCUT2D eigenvalue weighted by Crippen LogP contribution is -1.99. The normalized spacial score (nSPS) is 10.9. The number of hydrogen-bond donors (Lipinski definition) is 1. The van der Waals surface area contributed by atoms with Gasteiger partial charge in [-0.2, -0.15) is 5.10 Å². The standard InChI is InChI=1S/C10H17BrN2O/c1-3-8-10(11)9(13(2)12-8)6-4-5-7-14/h14H,3-7H2,1-2H3. The number of halogens is 1. The molecule has 0 fully saturated rings. The Bertz CT molecular complexity index is 297. The zero-order valence-electron chi connectivity index (χ0n) is 8.76. The van der Waals surface area contributed by atoms with E-state index in [2.05, 4.69) is 28.0 Å². The Morgan fingerprint density at radius 1 is 1.43 bits per heavy atom. The summed E-state index contributed by atoms with van der Waals surface area (Å²) in [5, 5.41) is 13.1. The first-order valence-electron chi connectivity index (χ1n) is 5.01. The minimum Gasteiger partial charge on any atom is -0.396 e. The van der Waals surface area contributed by atoms with E-state index in [1.165, 1.54) is 5.69 Å². The largest absolute Gasteiger partial charge is 0.396 e. The number of nitrogens with zero attached hydrogens (tertiary/aromatic N) is 2. The Hall–Kier alpha value is -0.350. The third-order valence-corrected chi connectivity index (χ3v) is 3.24. The van der Waals surface area contributed by atoms with Gasteiger partial charge in [0, 0.05) is 13.7 Å². The third-order valence-electron chi connectivity index (χ3n) is 2.32. The van der Waals surface area contributed by atoms with Crippen LogP contribution in [-0.2, 0) is 19.9 Å². The molecule has 4 heteroatoms. The maximum Gasteiger partial charge on any atom is 0.0766 e. The lowest BCUT2D eigenvalue weighted by atomic mass is 10.2. The third kappa shape index (κ3) is 2.58. The van der Waals surface area contributed by atoms with Crippen LogP contribution in [-0.4, -0.2) is 21.5 Å². The van der Waals surface area contributed by atoms with Crippen LogP contribution in [0.2, 0.25) is 0 Å². The monoisotopic (exact) mass is 260 g/mol. The summed E-state index contributed by atoms with van der Waals surface area (Å²) in [5.41, 5.74) is 2.35. The SMILES string of the molecule is CCc1nn(C)c(CCCCO)c1Br. The van der Waals surface area contributed by atoms with E-state index in [-0.39, 0.29) is 6.61 Å². The minimum absolute atomic E-state index is 0.274. The van der Waals surface area contributed by atoms with E-state index in [0.717, 1.165) is 35.8 Å². The van der Waals surface area contributed by atoms with Crippen molar-refractivity contribution in [3.05, 3.63) is 15.9 Å². The first kappa shape index (κ1) is 11.7. The fourth-order valence-corrected chi connectivity index (χ4v) is 2.31. The van der Waals surface area contributed by atoms with Gasteiger partial charge in [-0.3, -0.25) is 4.68 Å². The van der Waals surface area contributed by atoms with Crippen molar-refractivity contribution in [1.82, 2.24) is 9.78 Å². The van der Waals surface area contributed by atoms with Crippen LogP contribution < -0.4 is 0 Å². The first-order chi connectivity index (χ1) is 6.70. The first-order valence-corrected chi connectivity index (χ1v) is 5.81. The summed E-state index contributed by atoms with van der Waals surface area (Å²) in [7, 11) is 1.97. The predicted octanol–water partition coefficient (Wildman–Crippen LogP) is 2.06. The van der Waals surface area contributed by atoms with Crippen molar-refractivity contribution in [2.45, 2.75) is 32.6 Å². The molecule has 0 aliphatic carbocycles. The molecule has 0 unspecified atom stereocenters. The highest BCUT2D eigenvalue weighted by atomic mass is 79.9. The van der Waals surface area contributed by atoms with Gasteiger partial charge in [-0.25, -0.2) is 0 Å². The summed E-state index contributed by atoms with van der Waals surface area (Å²) in [5.74, 6) is 0. The van der Waals surface area contributed by atoms with Crippen molar-refractivity contribution in [3.8, 4) is 0 Å². The fraction of sp³-hybridized carbons (Fsp3) is 0.700. The molecule has 0 amide bonds. The van der Waals surface area contributed by atoms with Crippen molar-refractivity contribution in [3.63, 3.8) is 0 Å². The number of aliphatic hydroxyl groups excluding tert-OH is 1. The summed E-state index contributed by atoms with van der Waals surface area (Å²) in [4.78, 5) is 0. The molecule has 1 aromatic heterocycles. The average Bonchev–Trinajstić information content (AvgIpc) is 2.45. The molecule has 14 heavy (non-hydrogen) atoms. The van der Waals surface area contributed by atoms with Gasteiger partial charge >= 0.3 is 0 Å². The van der Waals surface area contributed by atoms with E-state index in [0.29, 0.717) is 0 Å². The van der Waals surface area contributed by atoms with E-state index in [4.69, 9.17) is 5.11 Å². The smallest absolute Gasteiger partial charge is 0.0766 e. The van der Waals surface area contributed by atoms with Crippen molar-refractivity contribution in [2.75, 3.05) is 6.61 Å². The van der Waals surface area contributed by atoms with Gasteiger partial charge in [0.05, 0.1) is 15.9 Å². The molecule has 0 aliphatic heterocycles. The molecule has 1 N–H and O–H groups in total. The van der Waals surface area contributed by atoms with Crippen LogP contribution in [0.15, 0.2) is 4.47 Å². The second-order valence-corrected chi connectivity index (χ2v) is 4.16. The van der Waals surface area contributed by atoms with E-state index in [1.54, 1.807) is 0 Å². The molecule has 1 heterocycles. The van der Waals surface area contributed by atoms with Crippen molar-refractivity contribution in [1.29, 1.82) is 0 Å². The molecule has 1 aromatic rings.